The van der Waals surface area contributed by atoms with E-state index in [2.05, 4.69) is 0 Å². The lowest BCUT2D eigenvalue weighted by Gasteiger charge is -2.31. The summed E-state index contributed by atoms with van der Waals surface area (Å²) in [6, 6.07) is 19.0. The van der Waals surface area contributed by atoms with Crippen LogP contribution in [0.4, 0.5) is 5.69 Å². The smallest absolute Gasteiger partial charge is 0.264 e. The van der Waals surface area contributed by atoms with Gasteiger partial charge in [0, 0.05) is 6.07 Å². The summed E-state index contributed by atoms with van der Waals surface area (Å²) in [5.41, 5.74) is 2.46. The Balaban J connectivity index is 1.84. The van der Waals surface area contributed by atoms with Crippen molar-refractivity contribution in [2.75, 3.05) is 18.2 Å². The predicted molar refractivity (Wildman–Crippen MR) is 115 cm³/mol. The first-order valence-corrected chi connectivity index (χ1v) is 11.0. The van der Waals surface area contributed by atoms with Gasteiger partial charge >= 0.3 is 0 Å². The number of hydrogen-bond acceptors (Lipinski definition) is 5. The first kappa shape index (κ1) is 20.1. The molecule has 0 spiro atoms. The first-order chi connectivity index (χ1) is 14.4. The molecule has 7 heteroatoms. The van der Waals surface area contributed by atoms with Gasteiger partial charge in [0.25, 0.3) is 10.0 Å². The maximum Gasteiger partial charge on any atom is 0.264 e. The minimum Gasteiger partial charge on any atom is -0.497 e. The molecule has 0 bridgehead atoms. The molecule has 6 nitrogen and oxygen atoms in total. The zero-order chi connectivity index (χ0) is 21.3. The molecule has 0 saturated heterocycles. The fourth-order valence-corrected chi connectivity index (χ4v) is 5.16. The molecule has 1 aliphatic heterocycles. The van der Waals surface area contributed by atoms with Crippen LogP contribution >= 0.6 is 0 Å². The van der Waals surface area contributed by atoms with Gasteiger partial charge in [-0.25, -0.2) is 8.42 Å². The lowest BCUT2D eigenvalue weighted by atomic mass is 10.1. The SMILES string of the molecule is COc1ccc(S(=O)(=O)N(c2ccc3c(c2)OCO3)[C@@H](C)c2cccc(C)c2)cc1. The van der Waals surface area contributed by atoms with E-state index in [9.17, 15) is 8.42 Å². The lowest BCUT2D eigenvalue weighted by Crippen LogP contribution is -2.33. The van der Waals surface area contributed by atoms with Gasteiger partial charge < -0.3 is 14.2 Å². The first-order valence-electron chi connectivity index (χ1n) is 9.55. The number of sulfonamides is 1. The Kier molecular flexibility index (Phi) is 5.30. The Morgan fingerprint density at radius 3 is 2.40 bits per heavy atom. The van der Waals surface area contributed by atoms with Crippen LogP contribution in [-0.2, 0) is 10.0 Å². The van der Waals surface area contributed by atoms with Gasteiger partial charge in [-0.2, -0.15) is 0 Å². The lowest BCUT2D eigenvalue weighted by molar-refractivity contribution is 0.174. The number of fused-ring (bicyclic) bond motifs is 1. The molecule has 1 aliphatic rings. The maximum atomic E-state index is 13.7. The zero-order valence-electron chi connectivity index (χ0n) is 17.0. The Labute approximate surface area is 176 Å². The van der Waals surface area contributed by atoms with Crippen molar-refractivity contribution in [3.8, 4) is 17.2 Å². The number of aryl methyl sites for hydroxylation is 1. The highest BCUT2D eigenvalue weighted by Crippen LogP contribution is 2.40. The van der Waals surface area contributed by atoms with Crippen LogP contribution in [0.5, 0.6) is 17.2 Å². The molecule has 1 heterocycles. The summed E-state index contributed by atoms with van der Waals surface area (Å²) in [5, 5.41) is 0. The van der Waals surface area contributed by atoms with E-state index in [4.69, 9.17) is 14.2 Å². The number of ether oxygens (including phenoxy) is 3. The fourth-order valence-electron chi connectivity index (χ4n) is 3.52. The van der Waals surface area contributed by atoms with Crippen LogP contribution in [0.25, 0.3) is 0 Å². The van der Waals surface area contributed by atoms with E-state index >= 15 is 0 Å². The van der Waals surface area contributed by atoms with Crippen LogP contribution in [-0.4, -0.2) is 22.3 Å². The van der Waals surface area contributed by atoms with Crippen molar-refractivity contribution in [3.05, 3.63) is 77.9 Å². The fraction of sp³-hybridized carbons (Fsp3) is 0.217. The van der Waals surface area contributed by atoms with Gasteiger partial charge in [-0.3, -0.25) is 4.31 Å². The molecule has 0 N–H and O–H groups in total. The second-order valence-electron chi connectivity index (χ2n) is 7.10. The second kappa shape index (κ2) is 7.91. The van der Waals surface area contributed by atoms with E-state index in [1.54, 1.807) is 49.6 Å². The summed E-state index contributed by atoms with van der Waals surface area (Å²) in [4.78, 5) is 0.181. The third-order valence-electron chi connectivity index (χ3n) is 5.10. The van der Waals surface area contributed by atoms with Crippen LogP contribution in [0.3, 0.4) is 0 Å². The largest absolute Gasteiger partial charge is 0.497 e. The standard InChI is InChI=1S/C23H23NO5S/c1-16-5-4-6-18(13-16)17(2)24(19-7-12-22-23(14-19)29-15-28-22)30(25,26)21-10-8-20(27-3)9-11-21/h4-14,17H,15H2,1-3H3/t17-/m0/s1. The molecule has 0 fully saturated rings. The number of nitrogens with zero attached hydrogens (tertiary/aromatic N) is 1. The Morgan fingerprint density at radius 1 is 0.967 bits per heavy atom. The second-order valence-corrected chi connectivity index (χ2v) is 8.92. The van der Waals surface area contributed by atoms with Gasteiger partial charge in [0.2, 0.25) is 6.79 Å². The average Bonchev–Trinajstić information content (AvgIpc) is 3.21. The monoisotopic (exact) mass is 425 g/mol. The normalized spacial score (nSPS) is 13.7. The summed E-state index contributed by atoms with van der Waals surface area (Å²) in [7, 11) is -2.33. The molecule has 0 saturated carbocycles. The van der Waals surface area contributed by atoms with Crippen LogP contribution in [0.2, 0.25) is 0 Å². The molecular formula is C23H23NO5S. The summed E-state index contributed by atoms with van der Waals surface area (Å²) in [6.45, 7) is 3.98. The molecule has 0 radical (unpaired) electrons. The van der Waals surface area contributed by atoms with Crippen molar-refractivity contribution in [2.24, 2.45) is 0 Å². The Bertz CT molecular complexity index is 1160. The minimum atomic E-state index is -3.88. The summed E-state index contributed by atoms with van der Waals surface area (Å²) >= 11 is 0. The predicted octanol–water partition coefficient (Wildman–Crippen LogP) is 4.69. The summed E-state index contributed by atoms with van der Waals surface area (Å²) < 4.78 is 44.9. The Morgan fingerprint density at radius 2 is 1.70 bits per heavy atom. The molecule has 4 rings (SSSR count). The van der Waals surface area contributed by atoms with Crippen LogP contribution < -0.4 is 18.5 Å². The molecule has 0 aliphatic carbocycles. The molecule has 0 aromatic heterocycles. The minimum absolute atomic E-state index is 0.122. The van der Waals surface area contributed by atoms with Gasteiger partial charge in [-0.15, -0.1) is 0 Å². The van der Waals surface area contributed by atoms with E-state index in [1.807, 2.05) is 38.1 Å². The van der Waals surface area contributed by atoms with Crippen molar-refractivity contribution in [1.29, 1.82) is 0 Å². The topological polar surface area (TPSA) is 65.1 Å². The number of methoxy groups -OCH3 is 1. The van der Waals surface area contributed by atoms with E-state index in [1.165, 1.54) is 4.31 Å². The van der Waals surface area contributed by atoms with Gasteiger partial charge in [-0.1, -0.05) is 29.8 Å². The number of anilines is 1. The maximum absolute atomic E-state index is 13.7. The van der Waals surface area contributed by atoms with Crippen LogP contribution in [0.15, 0.2) is 71.6 Å². The third-order valence-corrected chi connectivity index (χ3v) is 7.02. The quantitative estimate of drug-likeness (QED) is 0.573. The zero-order valence-corrected chi connectivity index (χ0v) is 17.8. The molecule has 1 atom stereocenters. The third kappa shape index (κ3) is 3.68. The van der Waals surface area contributed by atoms with Gasteiger partial charge in [0.05, 0.1) is 23.7 Å². The number of benzene rings is 3. The van der Waals surface area contributed by atoms with Crippen molar-refractivity contribution in [1.82, 2.24) is 0 Å². The van der Waals surface area contributed by atoms with Crippen molar-refractivity contribution in [3.63, 3.8) is 0 Å². The highest BCUT2D eigenvalue weighted by molar-refractivity contribution is 7.92. The molecule has 0 unspecified atom stereocenters. The highest BCUT2D eigenvalue weighted by atomic mass is 32.2. The van der Waals surface area contributed by atoms with Crippen molar-refractivity contribution in [2.45, 2.75) is 24.8 Å². The van der Waals surface area contributed by atoms with Crippen LogP contribution in [0, 0.1) is 6.92 Å². The van der Waals surface area contributed by atoms with Crippen LogP contribution in [0.1, 0.15) is 24.1 Å². The summed E-state index contributed by atoms with van der Waals surface area (Å²) in [5.74, 6) is 1.72. The van der Waals surface area contributed by atoms with E-state index < -0.39 is 16.1 Å². The molecule has 3 aromatic carbocycles. The molecule has 30 heavy (non-hydrogen) atoms. The summed E-state index contributed by atoms with van der Waals surface area (Å²) in [6.07, 6.45) is 0. The van der Waals surface area contributed by atoms with Gasteiger partial charge in [0.15, 0.2) is 11.5 Å². The molecule has 0 amide bonds. The molecule has 156 valence electrons. The number of rotatable bonds is 6. The van der Waals surface area contributed by atoms with E-state index in [-0.39, 0.29) is 11.7 Å². The van der Waals surface area contributed by atoms with E-state index in [0.29, 0.717) is 22.9 Å². The average molecular weight is 426 g/mol. The van der Waals surface area contributed by atoms with E-state index in [0.717, 1.165) is 11.1 Å². The highest BCUT2D eigenvalue weighted by Gasteiger charge is 2.31. The van der Waals surface area contributed by atoms with Gasteiger partial charge in [0.1, 0.15) is 5.75 Å². The van der Waals surface area contributed by atoms with Crippen molar-refractivity contribution >= 4 is 15.7 Å². The Hall–Kier alpha value is -3.19. The molecular weight excluding hydrogens is 402 g/mol. The number of hydrogen-bond donors (Lipinski definition) is 0. The van der Waals surface area contributed by atoms with Crippen molar-refractivity contribution < 1.29 is 22.6 Å². The van der Waals surface area contributed by atoms with Gasteiger partial charge in [-0.05, 0) is 55.8 Å². The molecule has 3 aromatic rings.